The number of carbonyl (C=O) groups is 1. The third kappa shape index (κ3) is 6.62. The molecule has 0 saturated carbocycles. The summed E-state index contributed by atoms with van der Waals surface area (Å²) in [7, 11) is -2.35. The molecule has 0 bridgehead atoms. The molecule has 1 atom stereocenters. The van der Waals surface area contributed by atoms with Crippen LogP contribution in [0, 0.1) is 0 Å². The number of hydrogen-bond acceptors (Lipinski definition) is 5. The standard InChI is InChI=1S/C24H32ClN3O4S/c1-4-21(28(33(3,30)31)22-15-20(25)11-12-23(22)32-2)24(29)26-16-18-7-9-19(10-8-18)17-27-13-5-6-14-27/h7-12,15,21H,4-6,13-14,16-17H2,1-3H3,(H,26,29). The van der Waals surface area contributed by atoms with Gasteiger partial charge in [0.2, 0.25) is 15.9 Å². The predicted octanol–water partition coefficient (Wildman–Crippen LogP) is 3.81. The van der Waals surface area contributed by atoms with Crippen molar-refractivity contribution in [3.05, 3.63) is 58.6 Å². The number of rotatable bonds is 10. The Morgan fingerprint density at radius 2 is 1.79 bits per heavy atom. The van der Waals surface area contributed by atoms with Crippen molar-refractivity contribution in [3.8, 4) is 5.75 Å². The molecule has 180 valence electrons. The van der Waals surface area contributed by atoms with Gasteiger partial charge < -0.3 is 10.1 Å². The number of methoxy groups -OCH3 is 1. The second-order valence-corrected chi connectivity index (χ2v) is 10.6. The average Bonchev–Trinajstić information content (AvgIpc) is 3.29. The van der Waals surface area contributed by atoms with Crippen LogP contribution in [-0.2, 0) is 27.9 Å². The zero-order chi connectivity index (χ0) is 24.0. The molecule has 1 unspecified atom stereocenters. The highest BCUT2D eigenvalue weighted by atomic mass is 35.5. The molecule has 33 heavy (non-hydrogen) atoms. The van der Waals surface area contributed by atoms with E-state index in [4.69, 9.17) is 16.3 Å². The van der Waals surface area contributed by atoms with Crippen molar-refractivity contribution in [2.45, 2.75) is 45.3 Å². The van der Waals surface area contributed by atoms with E-state index in [-0.39, 0.29) is 18.0 Å². The SMILES string of the molecule is CCC(C(=O)NCc1ccc(CN2CCCC2)cc1)N(c1cc(Cl)ccc1OC)S(C)(=O)=O. The van der Waals surface area contributed by atoms with Crippen molar-refractivity contribution in [1.29, 1.82) is 0 Å². The summed E-state index contributed by atoms with van der Waals surface area (Å²) in [5.74, 6) is -0.0595. The van der Waals surface area contributed by atoms with Crippen LogP contribution in [0.2, 0.25) is 5.02 Å². The summed E-state index contributed by atoms with van der Waals surface area (Å²) in [6, 6.07) is 11.9. The van der Waals surface area contributed by atoms with Crippen LogP contribution >= 0.6 is 11.6 Å². The first-order valence-electron chi connectivity index (χ1n) is 11.1. The van der Waals surface area contributed by atoms with E-state index in [9.17, 15) is 13.2 Å². The normalized spacial score (nSPS) is 15.3. The zero-order valence-corrected chi connectivity index (χ0v) is 21.0. The van der Waals surface area contributed by atoms with E-state index >= 15 is 0 Å². The molecule has 0 aliphatic carbocycles. The summed E-state index contributed by atoms with van der Waals surface area (Å²) in [5, 5.41) is 3.24. The summed E-state index contributed by atoms with van der Waals surface area (Å²) < 4.78 is 31.9. The Morgan fingerprint density at radius 1 is 1.15 bits per heavy atom. The minimum atomic E-state index is -3.79. The van der Waals surface area contributed by atoms with E-state index in [0.29, 0.717) is 17.3 Å². The molecule has 1 aliphatic rings. The van der Waals surface area contributed by atoms with Gasteiger partial charge in [0.15, 0.2) is 0 Å². The zero-order valence-electron chi connectivity index (χ0n) is 19.4. The number of halogens is 1. The van der Waals surface area contributed by atoms with Crippen LogP contribution in [0.25, 0.3) is 0 Å². The Labute approximate surface area is 201 Å². The quantitative estimate of drug-likeness (QED) is 0.544. The maximum absolute atomic E-state index is 13.1. The van der Waals surface area contributed by atoms with Gasteiger partial charge >= 0.3 is 0 Å². The first-order valence-corrected chi connectivity index (χ1v) is 13.4. The molecule has 0 spiro atoms. The molecule has 1 fully saturated rings. The van der Waals surface area contributed by atoms with Crippen LogP contribution in [0.5, 0.6) is 5.75 Å². The summed E-state index contributed by atoms with van der Waals surface area (Å²) in [5.41, 5.74) is 2.44. The second-order valence-electron chi connectivity index (χ2n) is 8.32. The first-order chi connectivity index (χ1) is 15.7. The molecule has 0 radical (unpaired) electrons. The van der Waals surface area contributed by atoms with Crippen LogP contribution in [0.15, 0.2) is 42.5 Å². The fourth-order valence-electron chi connectivity index (χ4n) is 4.14. The Bertz CT molecular complexity index is 1050. The molecule has 9 heteroatoms. The number of hydrogen-bond donors (Lipinski definition) is 1. The highest BCUT2D eigenvalue weighted by Crippen LogP contribution is 2.34. The van der Waals surface area contributed by atoms with E-state index in [1.165, 1.54) is 31.6 Å². The molecule has 1 saturated heterocycles. The maximum Gasteiger partial charge on any atom is 0.244 e. The van der Waals surface area contributed by atoms with Gasteiger partial charge in [0.25, 0.3) is 0 Å². The summed E-state index contributed by atoms with van der Waals surface area (Å²) in [6.07, 6.45) is 3.87. The lowest BCUT2D eigenvalue weighted by molar-refractivity contribution is -0.122. The van der Waals surface area contributed by atoms with Crippen molar-refractivity contribution in [3.63, 3.8) is 0 Å². The Kier molecular flexibility index (Phi) is 8.62. The van der Waals surface area contributed by atoms with Gasteiger partial charge in [-0.2, -0.15) is 0 Å². The molecule has 1 N–H and O–H groups in total. The lowest BCUT2D eigenvalue weighted by Gasteiger charge is -2.31. The van der Waals surface area contributed by atoms with Gasteiger partial charge in [0.1, 0.15) is 11.8 Å². The average molecular weight is 494 g/mol. The Hall–Kier alpha value is -2.29. The first kappa shape index (κ1) is 25.3. The van der Waals surface area contributed by atoms with Gasteiger partial charge in [-0.1, -0.05) is 42.8 Å². The fraction of sp³-hybridized carbons (Fsp3) is 0.458. The number of amides is 1. The topological polar surface area (TPSA) is 79.0 Å². The van der Waals surface area contributed by atoms with Crippen molar-refractivity contribution < 1.29 is 17.9 Å². The van der Waals surface area contributed by atoms with E-state index in [2.05, 4.69) is 22.3 Å². The van der Waals surface area contributed by atoms with Gasteiger partial charge in [-0.15, -0.1) is 0 Å². The third-order valence-corrected chi connectivity index (χ3v) is 7.20. The summed E-state index contributed by atoms with van der Waals surface area (Å²) >= 11 is 6.12. The van der Waals surface area contributed by atoms with Crippen LogP contribution < -0.4 is 14.4 Å². The molecule has 1 heterocycles. The van der Waals surface area contributed by atoms with E-state index < -0.39 is 16.1 Å². The Balaban J connectivity index is 1.73. The molecule has 7 nitrogen and oxygen atoms in total. The largest absolute Gasteiger partial charge is 0.495 e. The summed E-state index contributed by atoms with van der Waals surface area (Å²) in [6.45, 7) is 5.31. The van der Waals surface area contributed by atoms with Crippen LogP contribution in [0.4, 0.5) is 5.69 Å². The monoisotopic (exact) mass is 493 g/mol. The van der Waals surface area contributed by atoms with Gasteiger partial charge in [0, 0.05) is 18.1 Å². The summed E-state index contributed by atoms with van der Waals surface area (Å²) in [4.78, 5) is 15.5. The Morgan fingerprint density at radius 3 is 2.36 bits per heavy atom. The molecular weight excluding hydrogens is 462 g/mol. The molecular formula is C24H32ClN3O4S. The lowest BCUT2D eigenvalue weighted by atomic mass is 10.1. The maximum atomic E-state index is 13.1. The molecule has 2 aromatic carbocycles. The molecule has 0 aromatic heterocycles. The van der Waals surface area contributed by atoms with Gasteiger partial charge in [0.05, 0.1) is 19.1 Å². The molecule has 3 rings (SSSR count). The number of sulfonamides is 1. The number of ether oxygens (including phenoxy) is 1. The van der Waals surface area contributed by atoms with Crippen LogP contribution in [-0.4, -0.2) is 51.7 Å². The molecule has 2 aromatic rings. The second kappa shape index (κ2) is 11.2. The number of benzene rings is 2. The molecule has 1 aliphatic heterocycles. The number of nitrogens with zero attached hydrogens (tertiary/aromatic N) is 2. The van der Waals surface area contributed by atoms with E-state index in [1.54, 1.807) is 19.1 Å². The van der Waals surface area contributed by atoms with Crippen LogP contribution in [0.3, 0.4) is 0 Å². The number of carbonyl (C=O) groups excluding carboxylic acids is 1. The van der Waals surface area contributed by atoms with Gasteiger partial charge in [-0.25, -0.2) is 8.42 Å². The highest BCUT2D eigenvalue weighted by Gasteiger charge is 2.33. The fourth-order valence-corrected chi connectivity index (χ4v) is 5.51. The highest BCUT2D eigenvalue weighted by molar-refractivity contribution is 7.92. The minimum Gasteiger partial charge on any atom is -0.495 e. The van der Waals surface area contributed by atoms with Crippen molar-refractivity contribution in [1.82, 2.24) is 10.2 Å². The van der Waals surface area contributed by atoms with Crippen molar-refractivity contribution in [2.24, 2.45) is 0 Å². The predicted molar refractivity (Wildman–Crippen MR) is 132 cm³/mol. The third-order valence-electron chi connectivity index (χ3n) is 5.80. The molecule has 1 amide bonds. The van der Waals surface area contributed by atoms with Crippen molar-refractivity contribution in [2.75, 3.05) is 30.8 Å². The number of anilines is 1. The van der Waals surface area contributed by atoms with Crippen molar-refractivity contribution >= 4 is 33.2 Å². The smallest absolute Gasteiger partial charge is 0.244 e. The number of likely N-dealkylation sites (tertiary alicyclic amines) is 1. The van der Waals surface area contributed by atoms with Crippen LogP contribution in [0.1, 0.15) is 37.3 Å². The number of nitrogens with one attached hydrogen (secondary N) is 1. The minimum absolute atomic E-state index is 0.237. The van der Waals surface area contributed by atoms with E-state index in [1.807, 2.05) is 12.1 Å². The lowest BCUT2D eigenvalue weighted by Crippen LogP contribution is -2.49. The van der Waals surface area contributed by atoms with Gasteiger partial charge in [-0.3, -0.25) is 14.0 Å². The van der Waals surface area contributed by atoms with E-state index in [0.717, 1.165) is 35.8 Å². The van der Waals surface area contributed by atoms with Gasteiger partial charge in [-0.05, 0) is 61.7 Å².